The van der Waals surface area contributed by atoms with E-state index in [0.29, 0.717) is 5.13 Å². The molecule has 6 nitrogen and oxygen atoms in total. The van der Waals surface area contributed by atoms with E-state index in [1.807, 2.05) is 30.3 Å². The normalized spacial score (nSPS) is 16.2. The summed E-state index contributed by atoms with van der Waals surface area (Å²) in [6, 6.07) is 7.44. The van der Waals surface area contributed by atoms with Crippen molar-refractivity contribution in [3.05, 3.63) is 47.1 Å². The molecule has 0 bridgehead atoms. The summed E-state index contributed by atoms with van der Waals surface area (Å²) >= 11 is 1.26. The highest BCUT2D eigenvalue weighted by atomic mass is 32.1. The predicted octanol–water partition coefficient (Wildman–Crippen LogP) is 2.44. The van der Waals surface area contributed by atoms with E-state index < -0.39 is 0 Å². The van der Waals surface area contributed by atoms with Gasteiger partial charge in [0.15, 0.2) is 0 Å². The lowest BCUT2D eigenvalue weighted by Gasteiger charge is -2.32. The number of carbonyl (C=O) groups is 2. The van der Waals surface area contributed by atoms with Gasteiger partial charge in [0, 0.05) is 13.1 Å². The van der Waals surface area contributed by atoms with Gasteiger partial charge in [0.2, 0.25) is 16.9 Å². The highest BCUT2D eigenvalue weighted by Crippen LogP contribution is 2.33. The van der Waals surface area contributed by atoms with Crippen molar-refractivity contribution < 1.29 is 9.59 Å². The summed E-state index contributed by atoms with van der Waals surface area (Å²) in [6.45, 7) is 1.49. The topological polar surface area (TPSA) is 75.2 Å². The molecule has 0 spiro atoms. The summed E-state index contributed by atoms with van der Waals surface area (Å²) in [6.07, 6.45) is 3.78. The first-order valence-corrected chi connectivity index (χ1v) is 7.65. The summed E-state index contributed by atoms with van der Waals surface area (Å²) in [5, 5.41) is 10.6. The number of rotatable bonds is 3. The molecule has 0 radical (unpaired) electrons. The molecule has 1 aliphatic rings. The predicted molar refractivity (Wildman–Crippen MR) is 83.9 cm³/mol. The zero-order valence-electron chi connectivity index (χ0n) is 11.9. The molecule has 2 aromatic rings. The Bertz CT molecular complexity index is 727. The minimum absolute atomic E-state index is 0.0977. The quantitative estimate of drug-likeness (QED) is 0.944. The fourth-order valence-electron chi connectivity index (χ4n) is 2.49. The second-order valence-electron chi connectivity index (χ2n) is 4.88. The molecule has 22 heavy (non-hydrogen) atoms. The first kappa shape index (κ1) is 14.4. The zero-order chi connectivity index (χ0) is 15.5. The molecule has 1 aromatic heterocycles. The van der Waals surface area contributed by atoms with Crippen LogP contribution >= 0.6 is 11.3 Å². The Balaban J connectivity index is 1.83. The summed E-state index contributed by atoms with van der Waals surface area (Å²) in [5.41, 5.74) is 3.54. The van der Waals surface area contributed by atoms with Crippen LogP contribution in [0.3, 0.4) is 0 Å². The second-order valence-corrected chi connectivity index (χ2v) is 5.72. The van der Waals surface area contributed by atoms with Gasteiger partial charge in [0.25, 0.3) is 0 Å². The molecule has 0 unspecified atom stereocenters. The van der Waals surface area contributed by atoms with Crippen LogP contribution in [-0.2, 0) is 9.59 Å². The van der Waals surface area contributed by atoms with Crippen LogP contribution in [0.1, 0.15) is 30.5 Å². The largest absolute Gasteiger partial charge is 0.311 e. The Morgan fingerprint density at radius 3 is 2.91 bits per heavy atom. The maximum absolute atomic E-state index is 12.2. The molecular weight excluding hydrogens is 300 g/mol. The minimum Gasteiger partial charge on any atom is -0.311 e. The number of hydrogen-bond acceptors (Lipinski definition) is 5. The number of nitrogens with one attached hydrogen (secondary N) is 1. The first-order valence-electron chi connectivity index (χ1n) is 6.77. The van der Waals surface area contributed by atoms with Gasteiger partial charge in [-0.3, -0.25) is 9.59 Å². The Hall–Kier alpha value is -2.54. The number of hydrogen-bond donors (Lipinski definition) is 1. The van der Waals surface area contributed by atoms with E-state index >= 15 is 0 Å². The van der Waals surface area contributed by atoms with Crippen molar-refractivity contribution in [3.8, 4) is 0 Å². The van der Waals surface area contributed by atoms with Crippen LogP contribution in [0.25, 0.3) is 6.08 Å². The lowest BCUT2D eigenvalue weighted by molar-refractivity contribution is -0.129. The molecule has 2 heterocycles. The second kappa shape index (κ2) is 6.07. The van der Waals surface area contributed by atoms with Gasteiger partial charge >= 0.3 is 0 Å². The average Bonchev–Trinajstić information content (AvgIpc) is 3.00. The van der Waals surface area contributed by atoms with Gasteiger partial charge in [-0.25, -0.2) is 0 Å². The van der Waals surface area contributed by atoms with Gasteiger partial charge in [0.1, 0.15) is 5.51 Å². The third-order valence-electron chi connectivity index (χ3n) is 3.45. The van der Waals surface area contributed by atoms with Gasteiger partial charge in [0.05, 0.1) is 12.5 Å². The van der Waals surface area contributed by atoms with Crippen molar-refractivity contribution in [1.29, 1.82) is 0 Å². The molecule has 0 fully saturated rings. The van der Waals surface area contributed by atoms with E-state index in [9.17, 15) is 9.59 Å². The summed E-state index contributed by atoms with van der Waals surface area (Å²) in [7, 11) is 0. The number of anilines is 1. The lowest BCUT2D eigenvalue weighted by Crippen LogP contribution is -2.33. The van der Waals surface area contributed by atoms with Crippen LogP contribution in [0.5, 0.6) is 0 Å². The SMILES string of the molecule is CC(=O)N1C=Cc2ccccc2[C@@H]1CC(=O)Nc1nncs1. The lowest BCUT2D eigenvalue weighted by atomic mass is 9.93. The summed E-state index contributed by atoms with van der Waals surface area (Å²) in [4.78, 5) is 25.6. The smallest absolute Gasteiger partial charge is 0.228 e. The molecule has 3 rings (SSSR count). The van der Waals surface area contributed by atoms with Gasteiger partial charge in [-0.1, -0.05) is 35.6 Å². The number of carbonyl (C=O) groups excluding carboxylic acids is 2. The molecule has 0 saturated carbocycles. The van der Waals surface area contributed by atoms with Crippen molar-refractivity contribution in [2.75, 3.05) is 5.32 Å². The van der Waals surface area contributed by atoms with Crippen LogP contribution in [0, 0.1) is 0 Å². The maximum Gasteiger partial charge on any atom is 0.228 e. The number of benzene rings is 1. The number of nitrogens with zero attached hydrogens (tertiary/aromatic N) is 3. The highest BCUT2D eigenvalue weighted by Gasteiger charge is 2.28. The zero-order valence-corrected chi connectivity index (χ0v) is 12.7. The van der Waals surface area contributed by atoms with Gasteiger partial charge < -0.3 is 10.2 Å². The monoisotopic (exact) mass is 314 g/mol. The van der Waals surface area contributed by atoms with Crippen molar-refractivity contribution in [2.24, 2.45) is 0 Å². The fourth-order valence-corrected chi connectivity index (χ4v) is 2.95. The molecular formula is C15H14N4O2S. The van der Waals surface area contributed by atoms with Crippen LogP contribution in [0.4, 0.5) is 5.13 Å². The van der Waals surface area contributed by atoms with Crippen LogP contribution in [0.2, 0.25) is 0 Å². The van der Waals surface area contributed by atoms with Crippen molar-refractivity contribution in [1.82, 2.24) is 15.1 Å². The minimum atomic E-state index is -0.313. The summed E-state index contributed by atoms with van der Waals surface area (Å²) < 4.78 is 0. The van der Waals surface area contributed by atoms with Crippen LogP contribution in [0.15, 0.2) is 36.0 Å². The average molecular weight is 314 g/mol. The third kappa shape index (κ3) is 2.89. The van der Waals surface area contributed by atoms with E-state index in [1.54, 1.807) is 16.6 Å². The van der Waals surface area contributed by atoms with E-state index in [4.69, 9.17) is 0 Å². The van der Waals surface area contributed by atoms with Gasteiger partial charge in [-0.2, -0.15) is 0 Å². The molecule has 0 saturated heterocycles. The number of aromatic nitrogens is 2. The van der Waals surface area contributed by atoms with Gasteiger partial charge in [-0.05, 0) is 17.2 Å². The van der Waals surface area contributed by atoms with Crippen LogP contribution < -0.4 is 5.32 Å². The molecule has 2 amide bonds. The molecule has 1 aliphatic heterocycles. The highest BCUT2D eigenvalue weighted by molar-refractivity contribution is 7.13. The van der Waals surface area contributed by atoms with Crippen molar-refractivity contribution in [3.63, 3.8) is 0 Å². The Labute approximate surface area is 131 Å². The third-order valence-corrected chi connectivity index (χ3v) is 4.06. The molecule has 1 N–H and O–H groups in total. The van der Waals surface area contributed by atoms with Crippen molar-refractivity contribution >= 4 is 34.4 Å². The number of amides is 2. The van der Waals surface area contributed by atoms with E-state index in [1.165, 1.54) is 18.3 Å². The summed E-state index contributed by atoms with van der Waals surface area (Å²) in [5.74, 6) is -0.294. The maximum atomic E-state index is 12.2. The molecule has 0 aliphatic carbocycles. The molecule has 1 atom stereocenters. The van der Waals surface area contributed by atoms with E-state index in [-0.39, 0.29) is 24.3 Å². The molecule has 7 heteroatoms. The standard InChI is InChI=1S/C15H14N4O2S/c1-10(20)19-7-6-11-4-2-3-5-12(11)13(19)8-14(21)17-15-18-16-9-22-15/h2-7,9,13H,8H2,1H3,(H,17,18,21)/t13-/m0/s1. The number of fused-ring (bicyclic) bond motifs is 1. The van der Waals surface area contributed by atoms with Crippen LogP contribution in [-0.4, -0.2) is 26.9 Å². The Morgan fingerprint density at radius 1 is 1.36 bits per heavy atom. The molecule has 1 aromatic carbocycles. The fraction of sp³-hybridized carbons (Fsp3) is 0.200. The van der Waals surface area contributed by atoms with Crippen molar-refractivity contribution in [2.45, 2.75) is 19.4 Å². The first-order chi connectivity index (χ1) is 10.6. The van der Waals surface area contributed by atoms with Gasteiger partial charge in [-0.15, -0.1) is 10.2 Å². The van der Waals surface area contributed by atoms with E-state index in [2.05, 4.69) is 15.5 Å². The molecule has 112 valence electrons. The Morgan fingerprint density at radius 2 is 2.18 bits per heavy atom. The van der Waals surface area contributed by atoms with E-state index in [0.717, 1.165) is 11.1 Å². The Kier molecular flexibility index (Phi) is 3.97.